The van der Waals surface area contributed by atoms with Crippen molar-refractivity contribution in [3.8, 4) is 17.6 Å². The molecule has 0 saturated carbocycles. The molecule has 1 saturated heterocycles. The van der Waals surface area contributed by atoms with E-state index in [9.17, 15) is 27.9 Å². The van der Waals surface area contributed by atoms with E-state index in [2.05, 4.69) is 15.7 Å². The summed E-state index contributed by atoms with van der Waals surface area (Å²) in [5.74, 6) is -0.462. The molecule has 1 aromatic heterocycles. The van der Waals surface area contributed by atoms with Crippen LogP contribution >= 0.6 is 0 Å². The number of nitrogens with zero attached hydrogens (tertiary/aromatic N) is 3. The Balaban J connectivity index is 1.69. The quantitative estimate of drug-likeness (QED) is 0.382. The highest BCUT2D eigenvalue weighted by Gasteiger charge is 2.54. The Hall–Kier alpha value is -3.34. The first-order valence-electron chi connectivity index (χ1n) is 14.1. The number of hydrogen-bond acceptors (Lipinski definition) is 7. The minimum absolute atomic E-state index is 0.0110. The average molecular weight is 597 g/mol. The summed E-state index contributed by atoms with van der Waals surface area (Å²) in [5.41, 5.74) is -2.64. The molecule has 2 aliphatic rings. The van der Waals surface area contributed by atoms with E-state index in [0.717, 1.165) is 36.0 Å². The fourth-order valence-electron chi connectivity index (χ4n) is 5.28. The van der Waals surface area contributed by atoms with Gasteiger partial charge in [-0.25, -0.2) is 9.36 Å². The van der Waals surface area contributed by atoms with Gasteiger partial charge in [0.05, 0.1) is 25.2 Å². The van der Waals surface area contributed by atoms with Crippen molar-refractivity contribution in [2.24, 2.45) is 13.0 Å². The van der Waals surface area contributed by atoms with E-state index in [-0.39, 0.29) is 48.9 Å². The lowest BCUT2D eigenvalue weighted by Crippen LogP contribution is -2.56. The number of aliphatic hydroxyl groups excluding tert-OH is 1. The minimum atomic E-state index is -4.90. The number of aromatic nitrogens is 2. The SMILES string of the molecule is CC(C)CC(O)C1(C)c2c(n(C)c(=O)n(CCCOC3CCCCO3)c2=O)[N+]#CC1Oc1cccc(OC(F)(F)F)c1. The molecule has 1 fully saturated rings. The van der Waals surface area contributed by atoms with Crippen molar-refractivity contribution >= 4 is 5.82 Å². The van der Waals surface area contributed by atoms with Crippen LogP contribution < -0.4 is 20.7 Å². The van der Waals surface area contributed by atoms with E-state index in [0.29, 0.717) is 13.0 Å². The largest absolute Gasteiger partial charge is 0.573 e. The Labute approximate surface area is 241 Å². The van der Waals surface area contributed by atoms with Crippen molar-refractivity contribution in [1.29, 1.82) is 0 Å². The molecule has 0 bridgehead atoms. The molecule has 1 aromatic carbocycles. The van der Waals surface area contributed by atoms with Crippen molar-refractivity contribution in [3.05, 3.63) is 55.5 Å². The first kappa shape index (κ1) is 31.6. The third kappa shape index (κ3) is 6.99. The first-order valence-corrected chi connectivity index (χ1v) is 14.1. The number of fused-ring (bicyclic) bond motifs is 1. The zero-order valence-electron chi connectivity index (χ0n) is 24.1. The molecule has 0 radical (unpaired) electrons. The molecule has 3 heterocycles. The van der Waals surface area contributed by atoms with E-state index in [1.165, 1.54) is 23.7 Å². The Morgan fingerprint density at radius 2 is 1.98 bits per heavy atom. The molecule has 42 heavy (non-hydrogen) atoms. The summed E-state index contributed by atoms with van der Waals surface area (Å²) in [6, 6.07) is 7.70. The van der Waals surface area contributed by atoms with Gasteiger partial charge >= 0.3 is 17.9 Å². The van der Waals surface area contributed by atoms with Crippen molar-refractivity contribution in [2.75, 3.05) is 13.2 Å². The van der Waals surface area contributed by atoms with Crippen LogP contribution in [0.4, 0.5) is 19.0 Å². The van der Waals surface area contributed by atoms with Gasteiger partial charge in [-0.1, -0.05) is 19.9 Å². The van der Waals surface area contributed by atoms with Crippen LogP contribution in [0.5, 0.6) is 11.5 Å². The van der Waals surface area contributed by atoms with Crippen LogP contribution in [0.1, 0.15) is 58.4 Å². The lowest BCUT2D eigenvalue weighted by atomic mass is 9.70. The molecule has 4 unspecified atom stereocenters. The van der Waals surface area contributed by atoms with Crippen molar-refractivity contribution in [2.45, 2.75) is 89.7 Å². The van der Waals surface area contributed by atoms with Gasteiger partial charge in [0, 0.05) is 19.2 Å². The predicted octanol–water partition coefficient (Wildman–Crippen LogP) is 4.47. The van der Waals surface area contributed by atoms with Gasteiger partial charge in [0.1, 0.15) is 17.1 Å². The fraction of sp³-hybridized carbons (Fsp3) is 0.621. The second kappa shape index (κ2) is 12.9. The number of alkyl halides is 3. The van der Waals surface area contributed by atoms with Crippen LogP contribution in [0.2, 0.25) is 0 Å². The van der Waals surface area contributed by atoms with Crippen LogP contribution in [-0.4, -0.2) is 52.3 Å². The Kier molecular flexibility index (Phi) is 9.70. The zero-order valence-corrected chi connectivity index (χ0v) is 24.1. The van der Waals surface area contributed by atoms with Gasteiger partial charge in [0.25, 0.3) is 5.56 Å². The van der Waals surface area contributed by atoms with Crippen molar-refractivity contribution in [3.63, 3.8) is 0 Å². The van der Waals surface area contributed by atoms with Gasteiger partial charge in [-0.2, -0.15) is 9.41 Å². The summed E-state index contributed by atoms with van der Waals surface area (Å²) in [4.78, 5) is 31.4. The van der Waals surface area contributed by atoms with Crippen molar-refractivity contribution in [1.82, 2.24) is 9.13 Å². The molecule has 2 aromatic rings. The smallest absolute Gasteiger partial charge is 0.472 e. The molecular formula is C29H37F3N3O7+. The maximum atomic E-state index is 14.0. The third-order valence-corrected chi connectivity index (χ3v) is 7.54. The van der Waals surface area contributed by atoms with Crippen molar-refractivity contribution < 1.29 is 37.2 Å². The highest BCUT2D eigenvalue weighted by Crippen LogP contribution is 2.42. The molecule has 4 atom stereocenters. The van der Waals surface area contributed by atoms with E-state index < -0.39 is 41.0 Å². The summed E-state index contributed by atoms with van der Waals surface area (Å²) in [5, 5.41) is 11.5. The molecule has 0 spiro atoms. The third-order valence-electron chi connectivity index (χ3n) is 7.54. The lowest BCUT2D eigenvalue weighted by Gasteiger charge is -2.38. The minimum Gasteiger partial charge on any atom is -0.472 e. The monoisotopic (exact) mass is 596 g/mol. The predicted molar refractivity (Wildman–Crippen MR) is 147 cm³/mol. The molecule has 230 valence electrons. The highest BCUT2D eigenvalue weighted by atomic mass is 19.4. The standard InChI is InChI=1S/C29H37F3N3O7/c1-18(2)15-21(36)28(3)22(41-19-9-7-10-20(16-19)42-29(30,31)32)17-33-25-24(28)26(37)35(27(38)34(25)4)12-8-14-40-23-11-5-6-13-39-23/h7,9-10,16,18,21-23,36H,5-6,8,11-15H2,1-4H3/q+1. The van der Waals surface area contributed by atoms with Gasteiger partial charge in [0.15, 0.2) is 6.29 Å². The molecule has 0 aliphatic carbocycles. The van der Waals surface area contributed by atoms with Crippen LogP contribution in [0.25, 0.3) is 4.85 Å². The molecule has 2 aliphatic heterocycles. The van der Waals surface area contributed by atoms with E-state index in [1.807, 2.05) is 13.8 Å². The van der Waals surface area contributed by atoms with Gasteiger partial charge in [-0.05, 0) is 57.1 Å². The fourth-order valence-corrected chi connectivity index (χ4v) is 5.28. The molecule has 0 amide bonds. The highest BCUT2D eigenvalue weighted by molar-refractivity contribution is 5.56. The number of halogens is 3. The van der Waals surface area contributed by atoms with Gasteiger partial charge in [0.2, 0.25) is 12.2 Å². The maximum Gasteiger partial charge on any atom is 0.573 e. The second-order valence-corrected chi connectivity index (χ2v) is 11.2. The first-order chi connectivity index (χ1) is 19.8. The number of benzene rings is 1. The van der Waals surface area contributed by atoms with Gasteiger partial charge < -0.3 is 24.1 Å². The summed E-state index contributed by atoms with van der Waals surface area (Å²) < 4.78 is 62.1. The molecule has 1 N–H and O–H groups in total. The van der Waals surface area contributed by atoms with Gasteiger partial charge in [-0.3, -0.25) is 4.79 Å². The normalized spacial score (nSPS) is 22.7. The number of hydrogen-bond donors (Lipinski definition) is 1. The van der Waals surface area contributed by atoms with E-state index in [4.69, 9.17) is 14.2 Å². The second-order valence-electron chi connectivity index (χ2n) is 11.2. The summed E-state index contributed by atoms with van der Waals surface area (Å²) in [6.45, 7) is 6.37. The van der Waals surface area contributed by atoms with E-state index in [1.54, 1.807) is 6.92 Å². The number of aliphatic hydroxyl groups is 1. The Bertz CT molecular complexity index is 1440. The summed E-state index contributed by atoms with van der Waals surface area (Å²) in [6.07, 6.45) is -4.16. The number of ether oxygens (including phenoxy) is 4. The van der Waals surface area contributed by atoms with E-state index >= 15 is 0 Å². The Morgan fingerprint density at radius 3 is 2.64 bits per heavy atom. The summed E-state index contributed by atoms with van der Waals surface area (Å²) in [7, 11) is 1.48. The lowest BCUT2D eigenvalue weighted by molar-refractivity contribution is -0.274. The molecule has 13 heteroatoms. The van der Waals surface area contributed by atoms with Crippen LogP contribution in [-0.2, 0) is 28.5 Å². The average Bonchev–Trinajstić information content (AvgIpc) is 2.92. The van der Waals surface area contributed by atoms with Crippen LogP contribution in [0.15, 0.2) is 33.9 Å². The Morgan fingerprint density at radius 1 is 1.24 bits per heavy atom. The maximum absolute atomic E-state index is 14.0. The topological polar surface area (TPSA) is 106 Å². The zero-order chi connectivity index (χ0) is 30.7. The molecule has 10 nitrogen and oxygen atoms in total. The van der Waals surface area contributed by atoms with Gasteiger partial charge in [-0.15, -0.1) is 13.2 Å². The van der Waals surface area contributed by atoms with Crippen LogP contribution in [0, 0.1) is 12.0 Å². The summed E-state index contributed by atoms with van der Waals surface area (Å²) >= 11 is 0. The molecular weight excluding hydrogens is 559 g/mol. The number of rotatable bonds is 11. The van der Waals surface area contributed by atoms with Crippen LogP contribution in [0.3, 0.4) is 0 Å². The molecule has 4 rings (SSSR count).